The molecule has 0 aliphatic carbocycles. The van der Waals surface area contributed by atoms with Gasteiger partial charge in [-0.15, -0.1) is 0 Å². The number of piperazine rings is 1. The lowest BCUT2D eigenvalue weighted by Gasteiger charge is -2.31. The zero-order valence-corrected chi connectivity index (χ0v) is 10.3. The molecule has 17 heavy (non-hydrogen) atoms. The van der Waals surface area contributed by atoms with E-state index < -0.39 is 0 Å². The van der Waals surface area contributed by atoms with Gasteiger partial charge in [0.1, 0.15) is 5.52 Å². The number of hydrogen-bond acceptors (Lipinski definition) is 4. The van der Waals surface area contributed by atoms with Crippen LogP contribution in [-0.4, -0.2) is 31.2 Å². The van der Waals surface area contributed by atoms with Crippen LogP contribution in [0.15, 0.2) is 16.9 Å². The second-order valence-corrected chi connectivity index (χ2v) is 4.60. The van der Waals surface area contributed by atoms with Gasteiger partial charge in [-0.05, 0) is 25.5 Å². The maximum atomic E-state index is 5.43. The molecule has 1 N–H and O–H groups in total. The van der Waals surface area contributed by atoms with Gasteiger partial charge in [-0.25, -0.2) is 4.98 Å². The fourth-order valence-corrected chi connectivity index (χ4v) is 2.53. The lowest BCUT2D eigenvalue weighted by molar-refractivity contribution is 0.588. The molecule has 90 valence electrons. The minimum Gasteiger partial charge on any atom is -0.443 e. The number of aromatic nitrogens is 1. The maximum Gasteiger partial charge on any atom is 0.182 e. The third-order valence-electron chi connectivity index (χ3n) is 3.48. The molecular formula is C13H17N3O. The van der Waals surface area contributed by atoms with Gasteiger partial charge in [0.2, 0.25) is 0 Å². The zero-order valence-electron chi connectivity index (χ0n) is 10.3. The van der Waals surface area contributed by atoms with E-state index >= 15 is 0 Å². The van der Waals surface area contributed by atoms with Crippen molar-refractivity contribution in [3.05, 3.63) is 23.6 Å². The van der Waals surface area contributed by atoms with E-state index in [0.29, 0.717) is 0 Å². The first-order valence-electron chi connectivity index (χ1n) is 6.06. The highest BCUT2D eigenvalue weighted by Gasteiger charge is 2.17. The Kier molecular flexibility index (Phi) is 2.52. The van der Waals surface area contributed by atoms with Gasteiger partial charge in [-0.3, -0.25) is 0 Å². The molecule has 0 saturated carbocycles. The molecule has 3 rings (SSSR count). The fourth-order valence-electron chi connectivity index (χ4n) is 2.53. The van der Waals surface area contributed by atoms with Gasteiger partial charge < -0.3 is 14.6 Å². The highest BCUT2D eigenvalue weighted by Crippen LogP contribution is 2.30. The Morgan fingerprint density at radius 3 is 2.82 bits per heavy atom. The third-order valence-corrected chi connectivity index (χ3v) is 3.48. The maximum absolute atomic E-state index is 5.43. The number of rotatable bonds is 1. The minimum atomic E-state index is 0.918. The van der Waals surface area contributed by atoms with Crippen LogP contribution in [0.2, 0.25) is 0 Å². The summed E-state index contributed by atoms with van der Waals surface area (Å²) in [6.07, 6.45) is 1.53. The third kappa shape index (κ3) is 1.69. The van der Waals surface area contributed by atoms with Crippen LogP contribution in [0.4, 0.5) is 5.69 Å². The quantitative estimate of drug-likeness (QED) is 0.813. The molecule has 1 aliphatic rings. The summed E-state index contributed by atoms with van der Waals surface area (Å²) in [5.74, 6) is 0. The van der Waals surface area contributed by atoms with Gasteiger partial charge in [0.25, 0.3) is 0 Å². The van der Waals surface area contributed by atoms with Crippen LogP contribution in [0.1, 0.15) is 11.1 Å². The highest BCUT2D eigenvalue weighted by atomic mass is 16.3. The summed E-state index contributed by atoms with van der Waals surface area (Å²) in [4.78, 5) is 6.75. The monoisotopic (exact) mass is 231 g/mol. The van der Waals surface area contributed by atoms with Crippen molar-refractivity contribution < 1.29 is 4.42 Å². The van der Waals surface area contributed by atoms with E-state index in [2.05, 4.69) is 35.1 Å². The molecule has 0 spiro atoms. The molecule has 1 aromatic heterocycles. The summed E-state index contributed by atoms with van der Waals surface area (Å²) in [5.41, 5.74) is 5.60. The number of nitrogens with zero attached hydrogens (tertiary/aromatic N) is 2. The van der Waals surface area contributed by atoms with E-state index in [-0.39, 0.29) is 0 Å². The smallest absolute Gasteiger partial charge is 0.182 e. The van der Waals surface area contributed by atoms with Crippen molar-refractivity contribution in [2.24, 2.45) is 0 Å². The Hall–Kier alpha value is -1.55. The van der Waals surface area contributed by atoms with Crippen molar-refractivity contribution in [1.29, 1.82) is 0 Å². The van der Waals surface area contributed by atoms with Crippen molar-refractivity contribution in [2.75, 3.05) is 31.1 Å². The Labute approximate surface area is 101 Å². The van der Waals surface area contributed by atoms with E-state index in [1.54, 1.807) is 0 Å². The van der Waals surface area contributed by atoms with Crippen LogP contribution in [-0.2, 0) is 0 Å². The van der Waals surface area contributed by atoms with Crippen LogP contribution in [0, 0.1) is 13.8 Å². The molecule has 0 atom stereocenters. The number of benzene rings is 1. The normalized spacial score (nSPS) is 16.7. The molecule has 1 aromatic carbocycles. The number of anilines is 1. The predicted molar refractivity (Wildman–Crippen MR) is 68.6 cm³/mol. The van der Waals surface area contributed by atoms with Crippen LogP contribution in [0.25, 0.3) is 11.1 Å². The van der Waals surface area contributed by atoms with Gasteiger partial charge in [-0.2, -0.15) is 0 Å². The Balaban J connectivity index is 2.12. The van der Waals surface area contributed by atoms with Crippen LogP contribution >= 0.6 is 0 Å². The zero-order chi connectivity index (χ0) is 11.8. The lowest BCUT2D eigenvalue weighted by atomic mass is 10.1. The summed E-state index contributed by atoms with van der Waals surface area (Å²) in [5, 5.41) is 3.37. The number of oxazole rings is 1. The number of aryl methyl sites for hydroxylation is 2. The molecule has 2 aromatic rings. The average Bonchev–Trinajstić information content (AvgIpc) is 2.85. The molecule has 0 unspecified atom stereocenters. The van der Waals surface area contributed by atoms with Gasteiger partial charge in [-0.1, -0.05) is 0 Å². The van der Waals surface area contributed by atoms with Gasteiger partial charge >= 0.3 is 0 Å². The van der Waals surface area contributed by atoms with Crippen LogP contribution < -0.4 is 10.2 Å². The highest BCUT2D eigenvalue weighted by molar-refractivity contribution is 5.85. The SMILES string of the molecule is Cc1c(N2CCNCC2)cc(C)c2ocnc12. The molecule has 1 saturated heterocycles. The van der Waals surface area contributed by atoms with Crippen molar-refractivity contribution in [1.82, 2.24) is 10.3 Å². The molecule has 4 nitrogen and oxygen atoms in total. The van der Waals surface area contributed by atoms with E-state index in [1.807, 2.05) is 0 Å². The molecule has 4 heteroatoms. The number of fused-ring (bicyclic) bond motifs is 1. The first-order chi connectivity index (χ1) is 8.27. The first-order valence-corrected chi connectivity index (χ1v) is 6.06. The second-order valence-electron chi connectivity index (χ2n) is 4.60. The van der Waals surface area contributed by atoms with Gasteiger partial charge in [0.15, 0.2) is 12.0 Å². The molecule has 1 aliphatic heterocycles. The lowest BCUT2D eigenvalue weighted by Crippen LogP contribution is -2.43. The van der Waals surface area contributed by atoms with E-state index in [1.165, 1.54) is 17.6 Å². The fraction of sp³-hybridized carbons (Fsp3) is 0.462. The van der Waals surface area contributed by atoms with Crippen molar-refractivity contribution in [3.8, 4) is 0 Å². The molecular weight excluding hydrogens is 214 g/mol. The summed E-state index contributed by atoms with van der Waals surface area (Å²) in [6, 6.07) is 2.22. The van der Waals surface area contributed by atoms with Crippen molar-refractivity contribution in [3.63, 3.8) is 0 Å². The molecule has 2 heterocycles. The summed E-state index contributed by atoms with van der Waals surface area (Å²) < 4.78 is 5.43. The standard InChI is InChI=1S/C13H17N3O/c1-9-7-11(16-5-3-14-4-6-16)10(2)12-13(9)17-8-15-12/h7-8,14H,3-6H2,1-2H3. The first kappa shape index (κ1) is 10.6. The second kappa shape index (κ2) is 4.04. The van der Waals surface area contributed by atoms with Crippen molar-refractivity contribution >= 4 is 16.8 Å². The molecule has 1 fully saturated rings. The minimum absolute atomic E-state index is 0.918. The van der Waals surface area contributed by atoms with Crippen LogP contribution in [0.3, 0.4) is 0 Å². The summed E-state index contributed by atoms with van der Waals surface area (Å²) in [7, 11) is 0. The van der Waals surface area contributed by atoms with Gasteiger partial charge in [0.05, 0.1) is 0 Å². The van der Waals surface area contributed by atoms with Gasteiger partial charge in [0, 0.05) is 37.4 Å². The summed E-state index contributed by atoms with van der Waals surface area (Å²) >= 11 is 0. The molecule has 0 amide bonds. The Morgan fingerprint density at radius 1 is 1.29 bits per heavy atom. The molecule has 0 radical (unpaired) electrons. The predicted octanol–water partition coefficient (Wildman–Crippen LogP) is 1.85. The number of nitrogens with one attached hydrogen (secondary N) is 1. The van der Waals surface area contributed by atoms with Crippen molar-refractivity contribution in [2.45, 2.75) is 13.8 Å². The topological polar surface area (TPSA) is 41.3 Å². The Morgan fingerprint density at radius 2 is 2.06 bits per heavy atom. The number of hydrogen-bond donors (Lipinski definition) is 1. The Bertz CT molecular complexity index is 541. The largest absolute Gasteiger partial charge is 0.443 e. The summed E-state index contributed by atoms with van der Waals surface area (Å²) in [6.45, 7) is 8.43. The average molecular weight is 231 g/mol. The molecule has 0 bridgehead atoms. The van der Waals surface area contributed by atoms with E-state index in [9.17, 15) is 0 Å². The van der Waals surface area contributed by atoms with E-state index in [4.69, 9.17) is 4.42 Å². The van der Waals surface area contributed by atoms with Crippen LogP contribution in [0.5, 0.6) is 0 Å². The van der Waals surface area contributed by atoms with E-state index in [0.717, 1.165) is 42.8 Å².